The van der Waals surface area contributed by atoms with E-state index in [1.807, 2.05) is 0 Å². The molecule has 0 saturated carbocycles. The quantitative estimate of drug-likeness (QED) is 0.325. The molecular weight excluding hydrogens is 495 g/mol. The number of carbonyl (C=O) groups excluding carboxylic acids is 2. The van der Waals surface area contributed by atoms with Crippen molar-refractivity contribution in [3.05, 3.63) is 93.1 Å². The van der Waals surface area contributed by atoms with Crippen LogP contribution in [0, 0.1) is 0 Å². The molecule has 4 rings (SSSR count). The highest BCUT2D eigenvalue weighted by Gasteiger charge is 2.34. The second-order valence-electron chi connectivity index (χ2n) is 7.43. The summed E-state index contributed by atoms with van der Waals surface area (Å²) < 4.78 is 11.2. The molecule has 3 amide bonds. The summed E-state index contributed by atoms with van der Waals surface area (Å²) >= 11 is 12.3. The number of amides is 3. The number of nitrogens with one attached hydrogen (secondary N) is 1. The molecule has 0 unspecified atom stereocenters. The second kappa shape index (κ2) is 10.1. The molecule has 0 aromatic heterocycles. The molecule has 1 aliphatic rings. The van der Waals surface area contributed by atoms with Gasteiger partial charge in [-0.1, -0.05) is 35.3 Å². The van der Waals surface area contributed by atoms with Gasteiger partial charge in [-0.15, -0.1) is 0 Å². The molecule has 1 heterocycles. The van der Waals surface area contributed by atoms with Crippen LogP contribution in [0.15, 0.2) is 66.4 Å². The number of carboxylic acids is 1. The van der Waals surface area contributed by atoms with Crippen LogP contribution in [0.4, 0.5) is 10.5 Å². The zero-order chi connectivity index (χ0) is 25.1. The van der Waals surface area contributed by atoms with Crippen molar-refractivity contribution < 1.29 is 29.0 Å². The zero-order valence-corrected chi connectivity index (χ0v) is 19.8. The van der Waals surface area contributed by atoms with Crippen LogP contribution >= 0.6 is 23.2 Å². The first-order valence-corrected chi connectivity index (χ1v) is 11.0. The van der Waals surface area contributed by atoms with Gasteiger partial charge in [0.2, 0.25) is 0 Å². The number of aromatic carboxylic acids is 1. The lowest BCUT2D eigenvalue weighted by Crippen LogP contribution is -2.30. The summed E-state index contributed by atoms with van der Waals surface area (Å²) in [5.41, 5.74) is 1.86. The van der Waals surface area contributed by atoms with Gasteiger partial charge < -0.3 is 19.9 Å². The summed E-state index contributed by atoms with van der Waals surface area (Å²) in [6, 6.07) is 15.2. The topological polar surface area (TPSA) is 105 Å². The van der Waals surface area contributed by atoms with Crippen LogP contribution in [0.2, 0.25) is 10.0 Å². The van der Waals surface area contributed by atoms with Gasteiger partial charge in [0.1, 0.15) is 12.3 Å². The Bertz CT molecular complexity index is 1340. The van der Waals surface area contributed by atoms with E-state index in [9.17, 15) is 14.4 Å². The molecule has 8 nitrogen and oxygen atoms in total. The summed E-state index contributed by atoms with van der Waals surface area (Å²) in [7, 11) is 1.45. The number of ether oxygens (including phenoxy) is 2. The Kier molecular flexibility index (Phi) is 6.95. The Hall–Kier alpha value is -4.01. The molecule has 1 saturated heterocycles. The van der Waals surface area contributed by atoms with Crippen molar-refractivity contribution in [1.29, 1.82) is 0 Å². The van der Waals surface area contributed by atoms with Gasteiger partial charge in [-0.2, -0.15) is 0 Å². The van der Waals surface area contributed by atoms with Crippen molar-refractivity contribution in [2.45, 2.75) is 6.61 Å². The number of rotatable bonds is 7. The zero-order valence-electron chi connectivity index (χ0n) is 18.2. The van der Waals surface area contributed by atoms with Crippen molar-refractivity contribution in [1.82, 2.24) is 5.32 Å². The van der Waals surface area contributed by atoms with Gasteiger partial charge >= 0.3 is 12.0 Å². The van der Waals surface area contributed by atoms with Crippen LogP contribution in [-0.2, 0) is 11.4 Å². The fourth-order valence-corrected chi connectivity index (χ4v) is 3.79. The van der Waals surface area contributed by atoms with Crippen molar-refractivity contribution >= 4 is 52.9 Å². The fourth-order valence-electron chi connectivity index (χ4n) is 3.39. The molecule has 3 aromatic carbocycles. The molecule has 0 bridgehead atoms. The van der Waals surface area contributed by atoms with E-state index in [1.165, 1.54) is 25.3 Å². The maximum atomic E-state index is 12.9. The number of carbonyl (C=O) groups is 3. The highest BCUT2D eigenvalue weighted by Crippen LogP contribution is 2.38. The number of anilines is 1. The maximum absolute atomic E-state index is 12.9. The minimum atomic E-state index is -1.01. The molecule has 1 fully saturated rings. The summed E-state index contributed by atoms with van der Waals surface area (Å²) in [5.74, 6) is -0.946. The van der Waals surface area contributed by atoms with Crippen LogP contribution in [0.5, 0.6) is 11.5 Å². The van der Waals surface area contributed by atoms with Gasteiger partial charge in [0, 0.05) is 5.02 Å². The van der Waals surface area contributed by atoms with Gasteiger partial charge in [0.15, 0.2) is 11.5 Å². The van der Waals surface area contributed by atoms with Crippen LogP contribution < -0.4 is 19.7 Å². The van der Waals surface area contributed by atoms with Crippen molar-refractivity contribution in [3.63, 3.8) is 0 Å². The summed E-state index contributed by atoms with van der Waals surface area (Å²) in [6.45, 7) is 0.126. The van der Waals surface area contributed by atoms with E-state index >= 15 is 0 Å². The summed E-state index contributed by atoms with van der Waals surface area (Å²) in [5, 5.41) is 12.3. The third kappa shape index (κ3) is 5.24. The number of imide groups is 1. The molecule has 0 aliphatic carbocycles. The molecule has 0 atom stereocenters. The number of nitrogens with zero attached hydrogens (tertiary/aromatic N) is 1. The SMILES string of the molecule is COc1cc(/C=C2/NC(=O)N(c3ccc(Cl)cc3)C2=O)cc(Cl)c1OCc1ccc(C(=O)O)cc1. The lowest BCUT2D eigenvalue weighted by atomic mass is 10.1. The largest absolute Gasteiger partial charge is 0.493 e. The second-order valence-corrected chi connectivity index (χ2v) is 8.27. The lowest BCUT2D eigenvalue weighted by molar-refractivity contribution is -0.113. The first kappa shape index (κ1) is 24.1. The molecule has 0 radical (unpaired) electrons. The van der Waals surface area contributed by atoms with Crippen LogP contribution in [0.25, 0.3) is 6.08 Å². The number of hydrogen-bond acceptors (Lipinski definition) is 5. The highest BCUT2D eigenvalue weighted by atomic mass is 35.5. The summed E-state index contributed by atoms with van der Waals surface area (Å²) in [6.07, 6.45) is 1.49. The minimum absolute atomic E-state index is 0.0651. The van der Waals surface area contributed by atoms with Crippen molar-refractivity contribution in [2.75, 3.05) is 12.0 Å². The minimum Gasteiger partial charge on any atom is -0.493 e. The number of halogens is 2. The molecule has 10 heteroatoms. The number of carboxylic acid groups (broad SMARTS) is 1. The summed E-state index contributed by atoms with van der Waals surface area (Å²) in [4.78, 5) is 37.3. The van der Waals surface area contributed by atoms with Gasteiger partial charge in [-0.3, -0.25) is 4.79 Å². The average molecular weight is 513 g/mol. The fraction of sp³-hybridized carbons (Fsp3) is 0.0800. The molecule has 0 spiro atoms. The normalized spacial score (nSPS) is 14.3. The lowest BCUT2D eigenvalue weighted by Gasteiger charge is -2.14. The van der Waals surface area contributed by atoms with Crippen LogP contribution in [0.3, 0.4) is 0 Å². The molecule has 3 aromatic rings. The van der Waals surface area contributed by atoms with E-state index in [4.69, 9.17) is 37.8 Å². The average Bonchev–Trinajstić information content (AvgIpc) is 3.11. The molecule has 2 N–H and O–H groups in total. The first-order chi connectivity index (χ1) is 16.8. The standard InChI is InChI=1S/C25H18Cl2N2O6/c1-34-21-12-15(10-19(27)22(21)35-13-14-2-4-16(5-3-14)24(31)32)11-20-23(30)29(25(33)28-20)18-8-6-17(26)7-9-18/h2-12H,13H2,1H3,(H,28,33)(H,31,32)/b20-11+. The van der Waals surface area contributed by atoms with Gasteiger partial charge in [-0.05, 0) is 65.7 Å². The molecule has 1 aliphatic heterocycles. The van der Waals surface area contributed by atoms with Gasteiger partial charge in [0.05, 0.1) is 23.4 Å². The Morgan fingerprint density at radius 3 is 2.37 bits per heavy atom. The Morgan fingerprint density at radius 1 is 1.06 bits per heavy atom. The number of urea groups is 1. The number of hydrogen-bond donors (Lipinski definition) is 2. The molecular formula is C25H18Cl2N2O6. The van der Waals surface area contributed by atoms with E-state index < -0.39 is 17.9 Å². The van der Waals surface area contributed by atoms with E-state index in [-0.39, 0.29) is 28.6 Å². The monoisotopic (exact) mass is 512 g/mol. The molecule has 35 heavy (non-hydrogen) atoms. The van der Waals surface area contributed by atoms with Crippen molar-refractivity contribution in [3.8, 4) is 11.5 Å². The van der Waals surface area contributed by atoms with Gasteiger partial charge in [0.25, 0.3) is 5.91 Å². The van der Waals surface area contributed by atoms with E-state index in [0.29, 0.717) is 22.0 Å². The third-order valence-corrected chi connectivity index (χ3v) is 5.64. The highest BCUT2D eigenvalue weighted by molar-refractivity contribution is 6.33. The van der Waals surface area contributed by atoms with E-state index in [2.05, 4.69) is 5.32 Å². The number of benzene rings is 3. The maximum Gasteiger partial charge on any atom is 0.335 e. The van der Waals surface area contributed by atoms with Gasteiger partial charge in [-0.25, -0.2) is 14.5 Å². The Labute approximate surface area is 210 Å². The van der Waals surface area contributed by atoms with Crippen LogP contribution in [0.1, 0.15) is 21.5 Å². The van der Waals surface area contributed by atoms with E-state index in [1.54, 1.807) is 48.5 Å². The van der Waals surface area contributed by atoms with Crippen molar-refractivity contribution in [2.24, 2.45) is 0 Å². The predicted molar refractivity (Wildman–Crippen MR) is 131 cm³/mol. The number of methoxy groups -OCH3 is 1. The Balaban J connectivity index is 1.54. The van der Waals surface area contributed by atoms with E-state index in [0.717, 1.165) is 10.5 Å². The molecule has 178 valence electrons. The first-order valence-electron chi connectivity index (χ1n) is 10.2. The smallest absolute Gasteiger partial charge is 0.335 e. The Morgan fingerprint density at radius 2 is 1.74 bits per heavy atom. The van der Waals surface area contributed by atoms with Crippen LogP contribution in [-0.4, -0.2) is 30.1 Å². The third-order valence-electron chi connectivity index (χ3n) is 5.11. The predicted octanol–water partition coefficient (Wildman–Crippen LogP) is 5.38.